The maximum atomic E-state index is 12.7. The molecule has 0 fully saturated rings. The van der Waals surface area contributed by atoms with Crippen LogP contribution < -0.4 is 19.5 Å². The van der Waals surface area contributed by atoms with Gasteiger partial charge in [-0.25, -0.2) is 0 Å². The van der Waals surface area contributed by atoms with Crippen molar-refractivity contribution in [3.05, 3.63) is 44.9 Å². The summed E-state index contributed by atoms with van der Waals surface area (Å²) in [5.41, 5.74) is 1.88. The largest absolute Gasteiger partial charge is 0.493 e. The lowest BCUT2D eigenvalue weighted by atomic mass is 10.1. The third-order valence-corrected chi connectivity index (χ3v) is 4.48. The van der Waals surface area contributed by atoms with Crippen LogP contribution in [0.2, 0.25) is 5.02 Å². The van der Waals surface area contributed by atoms with Gasteiger partial charge in [0.1, 0.15) is 0 Å². The van der Waals surface area contributed by atoms with Crippen molar-refractivity contribution >= 4 is 39.1 Å². The van der Waals surface area contributed by atoms with Crippen LogP contribution in [0.1, 0.15) is 15.9 Å². The predicted molar refractivity (Wildman–Crippen MR) is 97.9 cm³/mol. The number of carbonyl (C=O) groups excluding carboxylic acids is 1. The second-order valence-electron chi connectivity index (χ2n) is 4.92. The minimum Gasteiger partial charge on any atom is -0.493 e. The van der Waals surface area contributed by atoms with Crippen molar-refractivity contribution in [3.8, 4) is 17.2 Å². The molecule has 0 aromatic heterocycles. The maximum absolute atomic E-state index is 12.7. The summed E-state index contributed by atoms with van der Waals surface area (Å²) < 4.78 is 16.4. The van der Waals surface area contributed by atoms with Crippen molar-refractivity contribution in [2.45, 2.75) is 6.92 Å². The molecule has 0 unspecified atom stereocenters. The first kappa shape index (κ1) is 18.4. The third kappa shape index (κ3) is 3.60. The second kappa shape index (κ2) is 7.77. The molecule has 2 aromatic carbocycles. The van der Waals surface area contributed by atoms with E-state index in [1.54, 1.807) is 18.2 Å². The molecule has 1 amide bonds. The molecule has 0 saturated carbocycles. The molecule has 24 heavy (non-hydrogen) atoms. The minimum atomic E-state index is -0.327. The van der Waals surface area contributed by atoms with Crippen LogP contribution in [0.3, 0.4) is 0 Å². The molecule has 0 radical (unpaired) electrons. The van der Waals surface area contributed by atoms with Crippen LogP contribution in [-0.2, 0) is 0 Å². The highest BCUT2D eigenvalue weighted by molar-refractivity contribution is 9.10. The van der Waals surface area contributed by atoms with Crippen molar-refractivity contribution in [1.82, 2.24) is 0 Å². The molecule has 0 spiro atoms. The highest BCUT2D eigenvalue weighted by atomic mass is 79.9. The van der Waals surface area contributed by atoms with Crippen molar-refractivity contribution in [1.29, 1.82) is 0 Å². The Labute approximate surface area is 154 Å². The first-order chi connectivity index (χ1) is 11.4. The van der Waals surface area contributed by atoms with Gasteiger partial charge in [0.15, 0.2) is 11.5 Å². The highest BCUT2D eigenvalue weighted by Crippen LogP contribution is 2.44. The Morgan fingerprint density at radius 3 is 2.33 bits per heavy atom. The van der Waals surface area contributed by atoms with Gasteiger partial charge in [-0.1, -0.05) is 17.7 Å². The normalized spacial score (nSPS) is 10.2. The molecule has 0 heterocycles. The Kier molecular flexibility index (Phi) is 5.96. The number of ether oxygens (including phenoxy) is 3. The van der Waals surface area contributed by atoms with Crippen molar-refractivity contribution in [2.75, 3.05) is 26.6 Å². The summed E-state index contributed by atoms with van der Waals surface area (Å²) in [6.07, 6.45) is 0. The molecule has 1 N–H and O–H groups in total. The number of rotatable bonds is 5. The molecule has 2 rings (SSSR count). The summed E-state index contributed by atoms with van der Waals surface area (Å²) in [5.74, 6) is 0.851. The van der Waals surface area contributed by atoms with Crippen molar-refractivity contribution in [3.63, 3.8) is 0 Å². The van der Waals surface area contributed by atoms with Crippen LogP contribution in [0.4, 0.5) is 5.69 Å². The Hall–Kier alpha value is -1.92. The fraction of sp³-hybridized carbons (Fsp3) is 0.235. The van der Waals surface area contributed by atoms with Gasteiger partial charge in [-0.15, -0.1) is 0 Å². The lowest BCUT2D eigenvalue weighted by molar-refractivity contribution is 0.102. The third-order valence-electron chi connectivity index (χ3n) is 3.46. The molecular weight excluding hydrogens is 398 g/mol. The molecule has 0 aliphatic rings. The number of methoxy groups -OCH3 is 3. The van der Waals surface area contributed by atoms with E-state index in [-0.39, 0.29) is 5.91 Å². The molecule has 7 heteroatoms. The summed E-state index contributed by atoms with van der Waals surface area (Å²) in [7, 11) is 4.49. The van der Waals surface area contributed by atoms with Crippen LogP contribution >= 0.6 is 27.5 Å². The molecule has 2 aromatic rings. The number of amides is 1. The van der Waals surface area contributed by atoms with E-state index in [0.717, 1.165) is 5.56 Å². The Balaban J connectivity index is 2.47. The SMILES string of the molecule is COc1cc(C(=O)Nc2cc(Cl)ccc2C)c(Br)c(OC)c1OC. The van der Waals surface area contributed by atoms with E-state index < -0.39 is 0 Å². The number of hydrogen-bond donors (Lipinski definition) is 1. The summed E-state index contributed by atoms with van der Waals surface area (Å²) >= 11 is 9.39. The number of anilines is 1. The standard InChI is InChI=1S/C17H17BrClNO4/c1-9-5-6-10(19)7-12(9)20-17(21)11-8-13(22-2)15(23-3)16(24-4)14(11)18/h5-8H,1-4H3,(H,20,21). The fourth-order valence-electron chi connectivity index (χ4n) is 2.20. The highest BCUT2D eigenvalue weighted by Gasteiger charge is 2.23. The van der Waals surface area contributed by atoms with Gasteiger partial charge < -0.3 is 19.5 Å². The monoisotopic (exact) mass is 413 g/mol. The first-order valence-corrected chi connectivity index (χ1v) is 8.16. The van der Waals surface area contributed by atoms with Crippen LogP contribution in [-0.4, -0.2) is 27.2 Å². The van der Waals surface area contributed by atoms with Crippen molar-refractivity contribution in [2.24, 2.45) is 0 Å². The van der Waals surface area contributed by atoms with Gasteiger partial charge in [-0.05, 0) is 46.6 Å². The Morgan fingerprint density at radius 2 is 1.75 bits per heavy atom. The molecular formula is C17H17BrClNO4. The smallest absolute Gasteiger partial charge is 0.257 e. The van der Waals surface area contributed by atoms with E-state index in [1.807, 2.05) is 13.0 Å². The van der Waals surface area contributed by atoms with Crippen LogP contribution in [0.25, 0.3) is 0 Å². The quantitative estimate of drug-likeness (QED) is 0.771. The van der Waals surface area contributed by atoms with Crippen molar-refractivity contribution < 1.29 is 19.0 Å². The van der Waals surface area contributed by atoms with Gasteiger partial charge in [0, 0.05) is 10.7 Å². The van der Waals surface area contributed by atoms with E-state index in [0.29, 0.717) is 38.0 Å². The molecule has 0 aliphatic carbocycles. The number of nitrogens with one attached hydrogen (secondary N) is 1. The molecule has 128 valence electrons. The first-order valence-electron chi connectivity index (χ1n) is 6.98. The maximum Gasteiger partial charge on any atom is 0.257 e. The zero-order valence-electron chi connectivity index (χ0n) is 13.7. The topological polar surface area (TPSA) is 56.8 Å². The Morgan fingerprint density at radius 1 is 1.08 bits per heavy atom. The van der Waals surface area contributed by atoms with Gasteiger partial charge >= 0.3 is 0 Å². The number of halogens is 2. The van der Waals surface area contributed by atoms with Crippen LogP contribution in [0.15, 0.2) is 28.7 Å². The number of aryl methyl sites for hydroxylation is 1. The van der Waals surface area contributed by atoms with Crippen LogP contribution in [0.5, 0.6) is 17.2 Å². The number of hydrogen-bond acceptors (Lipinski definition) is 4. The van der Waals surface area contributed by atoms with E-state index in [1.165, 1.54) is 21.3 Å². The molecule has 5 nitrogen and oxygen atoms in total. The zero-order valence-corrected chi connectivity index (χ0v) is 16.0. The van der Waals surface area contributed by atoms with E-state index >= 15 is 0 Å². The lowest BCUT2D eigenvalue weighted by Gasteiger charge is -2.17. The average Bonchev–Trinajstić information content (AvgIpc) is 2.57. The number of benzene rings is 2. The summed E-state index contributed by atoms with van der Waals surface area (Å²) in [5, 5.41) is 3.38. The minimum absolute atomic E-state index is 0.327. The Bertz CT molecular complexity index is 780. The van der Waals surface area contributed by atoms with E-state index in [2.05, 4.69) is 21.2 Å². The molecule has 0 aliphatic heterocycles. The van der Waals surface area contributed by atoms with Gasteiger partial charge in [0.05, 0.1) is 31.4 Å². The zero-order chi connectivity index (χ0) is 17.9. The van der Waals surface area contributed by atoms with Gasteiger partial charge in [0.25, 0.3) is 5.91 Å². The average molecular weight is 415 g/mol. The van der Waals surface area contributed by atoms with Gasteiger partial charge in [0.2, 0.25) is 5.75 Å². The van der Waals surface area contributed by atoms with Gasteiger partial charge in [-0.3, -0.25) is 4.79 Å². The fourth-order valence-corrected chi connectivity index (χ4v) is 3.01. The van der Waals surface area contributed by atoms with E-state index in [4.69, 9.17) is 25.8 Å². The van der Waals surface area contributed by atoms with E-state index in [9.17, 15) is 4.79 Å². The number of carbonyl (C=O) groups is 1. The summed E-state index contributed by atoms with van der Waals surface area (Å²) in [6.45, 7) is 1.89. The summed E-state index contributed by atoms with van der Waals surface area (Å²) in [4.78, 5) is 12.7. The lowest BCUT2D eigenvalue weighted by Crippen LogP contribution is -2.14. The van der Waals surface area contributed by atoms with Crippen LogP contribution in [0, 0.1) is 6.92 Å². The molecule has 0 saturated heterocycles. The molecule has 0 atom stereocenters. The van der Waals surface area contributed by atoms with Gasteiger partial charge in [-0.2, -0.15) is 0 Å². The molecule has 0 bridgehead atoms. The second-order valence-corrected chi connectivity index (χ2v) is 6.15. The summed E-state index contributed by atoms with van der Waals surface area (Å²) in [6, 6.07) is 6.88. The predicted octanol–water partition coefficient (Wildman–Crippen LogP) is 4.69.